The van der Waals surface area contributed by atoms with Gasteiger partial charge >= 0.3 is 6.33 Å². The average molecular weight is 407 g/mol. The van der Waals surface area contributed by atoms with E-state index in [-0.39, 0.29) is 5.82 Å². The van der Waals surface area contributed by atoms with Crippen molar-refractivity contribution in [3.63, 3.8) is 0 Å². The largest absolute Gasteiger partial charge is 0.494 e. The third kappa shape index (κ3) is 3.04. The first-order valence-electron chi connectivity index (χ1n) is 10.1. The smallest absolute Gasteiger partial charge is 0.308 e. The van der Waals surface area contributed by atoms with Crippen molar-refractivity contribution in [2.45, 2.75) is 39.0 Å². The molecule has 8 heteroatoms. The fraction of sp³-hybridized carbons (Fsp3) is 0.318. The summed E-state index contributed by atoms with van der Waals surface area (Å²) in [6.07, 6.45) is 2.71. The maximum Gasteiger partial charge on any atom is 0.308 e. The first kappa shape index (κ1) is 18.7. The molecule has 1 aliphatic rings. The van der Waals surface area contributed by atoms with Gasteiger partial charge in [-0.05, 0) is 47.3 Å². The van der Waals surface area contributed by atoms with Crippen molar-refractivity contribution in [2.24, 2.45) is 0 Å². The molecule has 0 bridgehead atoms. The Morgan fingerprint density at radius 3 is 2.90 bits per heavy atom. The van der Waals surface area contributed by atoms with Gasteiger partial charge in [0.25, 0.3) is 5.65 Å². The molecular formula is C22H24FN6O+. The van der Waals surface area contributed by atoms with Crippen molar-refractivity contribution in [1.82, 2.24) is 19.4 Å². The van der Waals surface area contributed by atoms with Crippen molar-refractivity contribution < 1.29 is 13.8 Å². The number of hydrogen-bond donors (Lipinski definition) is 1. The standard InChI is InChI=1S/C22H23FN6O/c1-14(27-11-15-6-7-17(23)10-16(15)12-27)8-9-28-13-25-21-18-4-3-5-19(30-2)20(18)26-22(24)29(21)28/h3-7,10,13-14,24H,8-9,11-12H2,1-2H3/p+1. The van der Waals surface area contributed by atoms with Gasteiger partial charge < -0.3 is 10.5 Å². The number of benzene rings is 2. The summed E-state index contributed by atoms with van der Waals surface area (Å²) in [5.74, 6) is 0.877. The molecule has 0 fully saturated rings. The second-order valence-electron chi connectivity index (χ2n) is 7.83. The lowest BCUT2D eigenvalue weighted by molar-refractivity contribution is -0.761. The highest BCUT2D eigenvalue weighted by molar-refractivity contribution is 5.95. The summed E-state index contributed by atoms with van der Waals surface area (Å²) in [7, 11) is 1.62. The van der Waals surface area contributed by atoms with Crippen LogP contribution in [0.3, 0.4) is 0 Å². The van der Waals surface area contributed by atoms with E-state index in [1.807, 2.05) is 33.5 Å². The maximum absolute atomic E-state index is 13.5. The molecule has 2 aromatic carbocycles. The van der Waals surface area contributed by atoms with Crippen LogP contribution in [-0.4, -0.2) is 32.5 Å². The van der Waals surface area contributed by atoms with Crippen molar-refractivity contribution in [3.05, 3.63) is 59.7 Å². The van der Waals surface area contributed by atoms with Gasteiger partial charge in [0.15, 0.2) is 0 Å². The number of hydrogen-bond acceptors (Lipinski definition) is 5. The minimum Gasteiger partial charge on any atom is -0.494 e. The topological polar surface area (TPSA) is 72.6 Å². The summed E-state index contributed by atoms with van der Waals surface area (Å²) < 4.78 is 22.8. The lowest BCUT2D eigenvalue weighted by atomic mass is 10.1. The Labute approximate surface area is 173 Å². The van der Waals surface area contributed by atoms with E-state index in [2.05, 4.69) is 21.8 Å². The highest BCUT2D eigenvalue weighted by Crippen LogP contribution is 2.28. The van der Waals surface area contributed by atoms with E-state index in [9.17, 15) is 4.39 Å². The van der Waals surface area contributed by atoms with Crippen LogP contribution in [0.2, 0.25) is 0 Å². The molecule has 3 heterocycles. The summed E-state index contributed by atoms with van der Waals surface area (Å²) >= 11 is 0. The first-order valence-corrected chi connectivity index (χ1v) is 10.1. The number of para-hydroxylation sites is 1. The molecule has 5 rings (SSSR count). The van der Waals surface area contributed by atoms with Crippen LogP contribution in [0.5, 0.6) is 5.75 Å². The zero-order chi connectivity index (χ0) is 20.8. The number of methoxy groups -OCH3 is 1. The molecule has 0 aliphatic carbocycles. The van der Waals surface area contributed by atoms with Crippen LogP contribution in [0.15, 0.2) is 42.7 Å². The second-order valence-corrected chi connectivity index (χ2v) is 7.83. The van der Waals surface area contributed by atoms with Crippen LogP contribution >= 0.6 is 0 Å². The van der Waals surface area contributed by atoms with Gasteiger partial charge in [0.1, 0.15) is 23.6 Å². The Morgan fingerprint density at radius 1 is 1.23 bits per heavy atom. The molecule has 30 heavy (non-hydrogen) atoms. The molecule has 4 aromatic rings. The van der Waals surface area contributed by atoms with E-state index in [0.29, 0.717) is 23.3 Å². The first-order chi connectivity index (χ1) is 14.5. The summed E-state index contributed by atoms with van der Waals surface area (Å²) in [4.78, 5) is 11.5. The normalized spacial score (nSPS) is 15.0. The summed E-state index contributed by atoms with van der Waals surface area (Å²) in [5, 5.41) is 0.896. The predicted octanol–water partition coefficient (Wildman–Crippen LogP) is 2.69. The van der Waals surface area contributed by atoms with Gasteiger partial charge in [0.2, 0.25) is 5.95 Å². The number of halogens is 1. The van der Waals surface area contributed by atoms with E-state index in [0.717, 1.165) is 42.7 Å². The molecule has 2 aromatic heterocycles. The molecular weight excluding hydrogens is 383 g/mol. The fourth-order valence-electron chi connectivity index (χ4n) is 4.28. The lowest BCUT2D eigenvalue weighted by Crippen LogP contribution is -2.43. The Bertz CT molecular complexity index is 1250. The number of aromatic nitrogens is 4. The zero-order valence-electron chi connectivity index (χ0n) is 17.0. The molecule has 0 radical (unpaired) electrons. The average Bonchev–Trinajstić information content (AvgIpc) is 3.36. The number of ether oxygens (including phenoxy) is 1. The summed E-state index contributed by atoms with van der Waals surface area (Å²) in [6.45, 7) is 4.57. The summed E-state index contributed by atoms with van der Waals surface area (Å²) in [5.41, 5.74) is 10.0. The number of nitrogens with two attached hydrogens (primary N) is 1. The zero-order valence-corrected chi connectivity index (χ0v) is 17.0. The highest BCUT2D eigenvalue weighted by Gasteiger charge is 2.25. The van der Waals surface area contributed by atoms with Crippen LogP contribution in [0.25, 0.3) is 16.6 Å². The van der Waals surface area contributed by atoms with Crippen molar-refractivity contribution in [3.8, 4) is 5.75 Å². The molecule has 1 unspecified atom stereocenters. The van der Waals surface area contributed by atoms with Crippen LogP contribution in [-0.2, 0) is 19.6 Å². The van der Waals surface area contributed by atoms with Gasteiger partial charge in [-0.2, -0.15) is 0 Å². The van der Waals surface area contributed by atoms with Crippen molar-refractivity contribution >= 4 is 22.5 Å². The Morgan fingerprint density at radius 2 is 2.07 bits per heavy atom. The van der Waals surface area contributed by atoms with E-state index in [1.165, 1.54) is 11.6 Å². The van der Waals surface area contributed by atoms with Crippen LogP contribution in [0.4, 0.5) is 10.3 Å². The quantitative estimate of drug-likeness (QED) is 0.515. The van der Waals surface area contributed by atoms with Gasteiger partial charge in [-0.25, -0.2) is 9.37 Å². The maximum atomic E-state index is 13.5. The minimum atomic E-state index is -0.170. The lowest BCUT2D eigenvalue weighted by Gasteiger charge is -2.23. The van der Waals surface area contributed by atoms with E-state index < -0.39 is 0 Å². The third-order valence-electron chi connectivity index (χ3n) is 5.99. The number of anilines is 1. The molecule has 1 atom stereocenters. The second kappa shape index (κ2) is 7.21. The SMILES string of the molecule is COc1cccc2c1nc(N)n1c2nc[n+]1CCC(C)N1Cc2ccc(F)cc2C1. The van der Waals surface area contributed by atoms with Gasteiger partial charge in [-0.3, -0.25) is 4.90 Å². The number of nitrogens with zero attached hydrogens (tertiary/aromatic N) is 5. The third-order valence-corrected chi connectivity index (χ3v) is 5.99. The molecule has 0 saturated carbocycles. The van der Waals surface area contributed by atoms with Gasteiger partial charge in [-0.1, -0.05) is 12.1 Å². The van der Waals surface area contributed by atoms with E-state index in [4.69, 9.17) is 10.5 Å². The van der Waals surface area contributed by atoms with Gasteiger partial charge in [0, 0.05) is 25.6 Å². The van der Waals surface area contributed by atoms with Crippen molar-refractivity contribution in [1.29, 1.82) is 0 Å². The van der Waals surface area contributed by atoms with E-state index >= 15 is 0 Å². The highest BCUT2D eigenvalue weighted by atomic mass is 19.1. The molecule has 0 amide bonds. The van der Waals surface area contributed by atoms with Gasteiger partial charge in [0.05, 0.1) is 12.5 Å². The molecule has 0 spiro atoms. The van der Waals surface area contributed by atoms with Crippen molar-refractivity contribution in [2.75, 3.05) is 12.8 Å². The monoisotopic (exact) mass is 407 g/mol. The van der Waals surface area contributed by atoms with Crippen LogP contribution in [0.1, 0.15) is 24.5 Å². The number of rotatable bonds is 5. The van der Waals surface area contributed by atoms with Crippen LogP contribution in [0, 0.1) is 5.82 Å². The summed E-state index contributed by atoms with van der Waals surface area (Å²) in [6, 6.07) is 11.2. The predicted molar refractivity (Wildman–Crippen MR) is 111 cm³/mol. The fourth-order valence-corrected chi connectivity index (χ4v) is 4.28. The number of fused-ring (bicyclic) bond motifs is 4. The Kier molecular flexibility index (Phi) is 4.51. The molecule has 154 valence electrons. The minimum absolute atomic E-state index is 0.170. The Balaban J connectivity index is 1.38. The molecule has 2 N–H and O–H groups in total. The molecule has 7 nitrogen and oxygen atoms in total. The Hall–Kier alpha value is -3.26. The molecule has 0 saturated heterocycles. The van der Waals surface area contributed by atoms with Crippen LogP contribution < -0.4 is 15.2 Å². The molecule has 1 aliphatic heterocycles. The van der Waals surface area contributed by atoms with E-state index in [1.54, 1.807) is 19.5 Å². The number of nitrogen functional groups attached to an aromatic ring is 1. The number of aryl methyl sites for hydroxylation is 1. The van der Waals surface area contributed by atoms with Gasteiger partial charge in [-0.15, -0.1) is 9.20 Å².